The Morgan fingerprint density at radius 3 is 2.90 bits per heavy atom. The number of carboxylic acids is 1. The van der Waals surface area contributed by atoms with E-state index in [1.165, 1.54) is 11.2 Å². The smallest absolute Gasteiger partial charge is 0.335 e. The minimum Gasteiger partial charge on any atom is -0.479 e. The highest BCUT2D eigenvalue weighted by molar-refractivity contribution is 5.82. The normalized spacial score (nSPS) is 29.8. The number of nitrogens with zero attached hydrogens (tertiary/aromatic N) is 1. The van der Waals surface area contributed by atoms with Crippen LogP contribution in [0.2, 0.25) is 0 Å². The molecule has 3 unspecified atom stereocenters. The van der Waals surface area contributed by atoms with Gasteiger partial charge < -0.3 is 23.9 Å². The van der Waals surface area contributed by atoms with Gasteiger partial charge in [-0.05, 0) is 25.0 Å². The van der Waals surface area contributed by atoms with Crippen molar-refractivity contribution >= 4 is 11.9 Å². The zero-order valence-electron chi connectivity index (χ0n) is 11.4. The largest absolute Gasteiger partial charge is 0.479 e. The van der Waals surface area contributed by atoms with Crippen molar-refractivity contribution in [3.8, 4) is 0 Å². The Morgan fingerprint density at radius 1 is 1.43 bits per heavy atom. The third-order valence-electron chi connectivity index (χ3n) is 3.83. The van der Waals surface area contributed by atoms with Gasteiger partial charge in [0.1, 0.15) is 18.4 Å². The first-order valence-electron chi connectivity index (χ1n) is 6.95. The maximum Gasteiger partial charge on any atom is 0.335 e. The van der Waals surface area contributed by atoms with E-state index in [2.05, 4.69) is 0 Å². The molecular weight excluding hydrogens is 278 g/mol. The summed E-state index contributed by atoms with van der Waals surface area (Å²) in [5, 5.41) is 9.34. The number of carboxylic acid groups (broad SMARTS) is 1. The fraction of sp³-hybridized carbons (Fsp3) is 0.571. The molecule has 7 heteroatoms. The number of rotatable bonds is 4. The molecule has 2 fully saturated rings. The van der Waals surface area contributed by atoms with Gasteiger partial charge in [-0.2, -0.15) is 0 Å². The van der Waals surface area contributed by atoms with Crippen LogP contribution >= 0.6 is 0 Å². The second kappa shape index (κ2) is 5.87. The van der Waals surface area contributed by atoms with Crippen molar-refractivity contribution in [2.24, 2.45) is 0 Å². The quantitative estimate of drug-likeness (QED) is 0.884. The maximum absolute atomic E-state index is 12.2. The van der Waals surface area contributed by atoms with Crippen molar-refractivity contribution in [1.82, 2.24) is 4.90 Å². The van der Waals surface area contributed by atoms with Gasteiger partial charge in [0.25, 0.3) is 0 Å². The molecule has 3 heterocycles. The Kier molecular flexibility index (Phi) is 3.94. The van der Waals surface area contributed by atoms with E-state index in [0.717, 1.165) is 12.8 Å². The summed E-state index contributed by atoms with van der Waals surface area (Å²) in [5.41, 5.74) is 0. The highest BCUT2D eigenvalue weighted by atomic mass is 16.5. The molecule has 2 saturated heterocycles. The molecule has 0 aliphatic carbocycles. The van der Waals surface area contributed by atoms with E-state index in [9.17, 15) is 14.7 Å². The molecule has 0 saturated carbocycles. The topological polar surface area (TPSA) is 89.2 Å². The van der Waals surface area contributed by atoms with E-state index in [0.29, 0.717) is 18.9 Å². The van der Waals surface area contributed by atoms with Crippen LogP contribution in [0.4, 0.5) is 0 Å². The number of furan rings is 1. The summed E-state index contributed by atoms with van der Waals surface area (Å²) in [6, 6.07) is 2.56. The number of morpholine rings is 1. The van der Waals surface area contributed by atoms with E-state index in [1.807, 2.05) is 0 Å². The summed E-state index contributed by atoms with van der Waals surface area (Å²) < 4.78 is 16.1. The molecule has 2 aliphatic rings. The van der Waals surface area contributed by atoms with E-state index in [-0.39, 0.29) is 18.6 Å². The SMILES string of the molecule is O=C(O)C1OCC(=O)N(CC2CCCO2)C1c1ccco1. The van der Waals surface area contributed by atoms with E-state index in [1.54, 1.807) is 12.1 Å². The summed E-state index contributed by atoms with van der Waals surface area (Å²) in [6.07, 6.45) is 2.09. The van der Waals surface area contributed by atoms with Crippen molar-refractivity contribution in [3.63, 3.8) is 0 Å². The van der Waals surface area contributed by atoms with Gasteiger partial charge in [-0.3, -0.25) is 4.79 Å². The van der Waals surface area contributed by atoms with Crippen LogP contribution in [0.3, 0.4) is 0 Å². The summed E-state index contributed by atoms with van der Waals surface area (Å²) in [7, 11) is 0. The van der Waals surface area contributed by atoms with Crippen LogP contribution < -0.4 is 0 Å². The van der Waals surface area contributed by atoms with Crippen LogP contribution in [0.1, 0.15) is 24.6 Å². The predicted molar refractivity (Wildman–Crippen MR) is 69.5 cm³/mol. The number of hydrogen-bond donors (Lipinski definition) is 1. The molecule has 0 spiro atoms. The van der Waals surface area contributed by atoms with E-state index < -0.39 is 18.1 Å². The Balaban J connectivity index is 1.87. The zero-order valence-corrected chi connectivity index (χ0v) is 11.4. The summed E-state index contributed by atoms with van der Waals surface area (Å²) in [6.45, 7) is 0.801. The first kappa shape index (κ1) is 14.1. The monoisotopic (exact) mass is 295 g/mol. The van der Waals surface area contributed by atoms with Crippen LogP contribution in [0.5, 0.6) is 0 Å². The van der Waals surface area contributed by atoms with Crippen LogP contribution in [0, 0.1) is 0 Å². The van der Waals surface area contributed by atoms with Crippen LogP contribution in [-0.2, 0) is 19.1 Å². The Bertz CT molecular complexity index is 508. The minimum absolute atomic E-state index is 0.0565. The highest BCUT2D eigenvalue weighted by Gasteiger charge is 2.44. The van der Waals surface area contributed by atoms with Crippen molar-refractivity contribution in [1.29, 1.82) is 0 Å². The van der Waals surface area contributed by atoms with Gasteiger partial charge in [-0.25, -0.2) is 4.79 Å². The molecule has 0 aromatic carbocycles. The fourth-order valence-corrected chi connectivity index (χ4v) is 2.85. The van der Waals surface area contributed by atoms with Gasteiger partial charge in [-0.1, -0.05) is 0 Å². The van der Waals surface area contributed by atoms with Crippen LogP contribution in [-0.4, -0.2) is 53.8 Å². The molecule has 1 N–H and O–H groups in total. The van der Waals surface area contributed by atoms with Gasteiger partial charge in [0, 0.05) is 13.2 Å². The lowest BCUT2D eigenvalue weighted by atomic mass is 10.0. The van der Waals surface area contributed by atoms with Crippen molar-refractivity contribution in [2.45, 2.75) is 31.1 Å². The highest BCUT2D eigenvalue weighted by Crippen LogP contribution is 2.32. The molecule has 7 nitrogen and oxygen atoms in total. The van der Waals surface area contributed by atoms with Gasteiger partial charge in [0.2, 0.25) is 5.91 Å². The molecule has 0 bridgehead atoms. The Hall–Kier alpha value is -1.86. The molecule has 3 rings (SSSR count). The van der Waals surface area contributed by atoms with E-state index >= 15 is 0 Å². The van der Waals surface area contributed by atoms with Gasteiger partial charge >= 0.3 is 5.97 Å². The maximum atomic E-state index is 12.2. The van der Waals surface area contributed by atoms with Gasteiger partial charge in [0.05, 0.1) is 12.4 Å². The number of carbonyl (C=O) groups is 2. The summed E-state index contributed by atoms with van der Waals surface area (Å²) in [5.74, 6) is -0.945. The molecule has 1 amide bonds. The molecule has 114 valence electrons. The lowest BCUT2D eigenvalue weighted by molar-refractivity contribution is -0.176. The second-order valence-electron chi connectivity index (χ2n) is 5.21. The van der Waals surface area contributed by atoms with Gasteiger partial charge in [-0.15, -0.1) is 0 Å². The standard InChI is InChI=1S/C14H17NO6/c16-11-8-21-13(14(17)18)12(10-4-2-6-20-10)15(11)7-9-3-1-5-19-9/h2,4,6,9,12-13H,1,3,5,7-8H2,(H,17,18). The molecular formula is C14H17NO6. The molecule has 21 heavy (non-hydrogen) atoms. The first-order chi connectivity index (χ1) is 10.2. The molecule has 1 aromatic heterocycles. The minimum atomic E-state index is -1.13. The van der Waals surface area contributed by atoms with E-state index in [4.69, 9.17) is 13.9 Å². The average Bonchev–Trinajstić information content (AvgIpc) is 3.13. The Labute approximate surface area is 121 Å². The number of aliphatic carboxylic acids is 1. The van der Waals surface area contributed by atoms with Crippen LogP contribution in [0.15, 0.2) is 22.8 Å². The predicted octanol–water partition coefficient (Wildman–Crippen LogP) is 0.812. The zero-order chi connectivity index (χ0) is 14.8. The number of carbonyl (C=O) groups excluding carboxylic acids is 1. The third kappa shape index (κ3) is 2.79. The van der Waals surface area contributed by atoms with Crippen LogP contribution in [0.25, 0.3) is 0 Å². The molecule has 3 atom stereocenters. The van der Waals surface area contributed by atoms with Gasteiger partial charge in [0.15, 0.2) is 6.10 Å². The number of amides is 1. The average molecular weight is 295 g/mol. The molecule has 0 radical (unpaired) electrons. The van der Waals surface area contributed by atoms with Crippen molar-refractivity contribution in [2.75, 3.05) is 19.8 Å². The Morgan fingerprint density at radius 2 is 2.29 bits per heavy atom. The van der Waals surface area contributed by atoms with Crippen molar-refractivity contribution in [3.05, 3.63) is 24.2 Å². The number of ether oxygens (including phenoxy) is 2. The molecule has 2 aliphatic heterocycles. The molecule has 1 aromatic rings. The fourth-order valence-electron chi connectivity index (χ4n) is 2.85. The summed E-state index contributed by atoms with van der Waals surface area (Å²) >= 11 is 0. The lowest BCUT2D eigenvalue weighted by Gasteiger charge is -2.39. The third-order valence-corrected chi connectivity index (χ3v) is 3.83. The summed E-state index contributed by atoms with van der Waals surface area (Å²) in [4.78, 5) is 25.1. The van der Waals surface area contributed by atoms with Crippen molar-refractivity contribution < 1.29 is 28.6 Å². The lowest BCUT2D eigenvalue weighted by Crippen LogP contribution is -2.53. The number of hydrogen-bond acceptors (Lipinski definition) is 5. The second-order valence-corrected chi connectivity index (χ2v) is 5.21. The first-order valence-corrected chi connectivity index (χ1v) is 6.95.